The topological polar surface area (TPSA) is 0 Å². The third-order valence-corrected chi connectivity index (χ3v) is 2.82. The van der Waals surface area contributed by atoms with E-state index < -0.39 is 0 Å². The molecule has 1 radical (unpaired) electrons. The summed E-state index contributed by atoms with van der Waals surface area (Å²) in [4.78, 5) is 0. The molecule has 0 bridgehead atoms. The van der Waals surface area contributed by atoms with E-state index in [1.165, 1.54) is 28.4 Å². The van der Waals surface area contributed by atoms with Crippen molar-refractivity contribution in [1.82, 2.24) is 0 Å². The number of hydrogen-bond donors (Lipinski definition) is 0. The Hall–Kier alpha value is -0.300. The highest BCUT2D eigenvalue weighted by Gasteiger charge is 2.26. The third kappa shape index (κ3) is 1.34. The summed E-state index contributed by atoms with van der Waals surface area (Å²) in [7, 11) is 0. The lowest BCUT2D eigenvalue weighted by atomic mass is 10.1. The van der Waals surface area contributed by atoms with Gasteiger partial charge in [-0.3, -0.25) is 0 Å². The predicted molar refractivity (Wildman–Crippen MR) is 50.6 cm³/mol. The highest BCUT2D eigenvalue weighted by molar-refractivity contribution is 9.10. The zero-order chi connectivity index (χ0) is 7.84. The van der Waals surface area contributed by atoms with Gasteiger partial charge >= 0.3 is 0 Å². The molecule has 0 N–H and O–H groups in total. The van der Waals surface area contributed by atoms with E-state index in [-0.39, 0.29) is 0 Å². The third-order valence-electron chi connectivity index (χ3n) is 2.13. The number of benzene rings is 1. The SMILES string of the molecule is [CH2]c1cccc(Br)c1C1CC1. The molecule has 0 spiro atoms. The Morgan fingerprint density at radius 2 is 2.09 bits per heavy atom. The molecule has 1 saturated carbocycles. The molecule has 0 aliphatic heterocycles. The van der Waals surface area contributed by atoms with Crippen LogP contribution in [-0.2, 0) is 0 Å². The van der Waals surface area contributed by atoms with Gasteiger partial charge in [0.15, 0.2) is 0 Å². The molecule has 0 amide bonds. The maximum atomic E-state index is 4.01. The molecule has 1 aliphatic carbocycles. The van der Waals surface area contributed by atoms with Crippen molar-refractivity contribution in [1.29, 1.82) is 0 Å². The average Bonchev–Trinajstić information content (AvgIpc) is 2.70. The molecule has 1 aromatic carbocycles. The molecule has 1 heteroatoms. The number of hydrogen-bond acceptors (Lipinski definition) is 0. The maximum absolute atomic E-state index is 4.01. The van der Waals surface area contributed by atoms with Crippen molar-refractivity contribution in [2.75, 3.05) is 0 Å². The summed E-state index contributed by atoms with van der Waals surface area (Å²) in [6.45, 7) is 4.01. The normalized spacial score (nSPS) is 16.9. The van der Waals surface area contributed by atoms with Crippen LogP contribution in [0.4, 0.5) is 0 Å². The quantitative estimate of drug-likeness (QED) is 0.665. The maximum Gasteiger partial charge on any atom is 0.0212 e. The first-order valence-corrected chi connectivity index (χ1v) is 4.68. The summed E-state index contributed by atoms with van der Waals surface area (Å²) < 4.78 is 1.23. The van der Waals surface area contributed by atoms with Gasteiger partial charge in [-0.05, 0) is 42.9 Å². The summed E-state index contributed by atoms with van der Waals surface area (Å²) in [5.41, 5.74) is 2.61. The first-order valence-electron chi connectivity index (χ1n) is 3.89. The van der Waals surface area contributed by atoms with Crippen LogP contribution >= 0.6 is 15.9 Å². The van der Waals surface area contributed by atoms with E-state index >= 15 is 0 Å². The second-order valence-corrected chi connectivity index (χ2v) is 3.94. The predicted octanol–water partition coefficient (Wildman–Crippen LogP) is 3.51. The average molecular weight is 210 g/mol. The van der Waals surface area contributed by atoms with Crippen LogP contribution < -0.4 is 0 Å². The summed E-state index contributed by atoms with van der Waals surface area (Å²) in [6, 6.07) is 6.22. The Labute approximate surface area is 75.8 Å². The Morgan fingerprint density at radius 3 is 2.64 bits per heavy atom. The summed E-state index contributed by atoms with van der Waals surface area (Å²) in [6.07, 6.45) is 2.68. The van der Waals surface area contributed by atoms with Gasteiger partial charge in [0.05, 0.1) is 0 Å². The van der Waals surface area contributed by atoms with Gasteiger partial charge in [0.1, 0.15) is 0 Å². The van der Waals surface area contributed by atoms with Crippen molar-refractivity contribution in [3.63, 3.8) is 0 Å². The summed E-state index contributed by atoms with van der Waals surface area (Å²) in [5.74, 6) is 0.790. The monoisotopic (exact) mass is 209 g/mol. The Balaban J connectivity index is 2.48. The van der Waals surface area contributed by atoms with Gasteiger partial charge in [0.25, 0.3) is 0 Å². The molecule has 1 aliphatic rings. The van der Waals surface area contributed by atoms with E-state index in [4.69, 9.17) is 0 Å². The first-order chi connectivity index (χ1) is 5.29. The minimum atomic E-state index is 0.790. The lowest BCUT2D eigenvalue weighted by molar-refractivity contribution is 1.10. The lowest BCUT2D eigenvalue weighted by Crippen LogP contribution is -1.86. The fraction of sp³-hybridized carbons (Fsp3) is 0.300. The van der Waals surface area contributed by atoms with Gasteiger partial charge in [0.2, 0.25) is 0 Å². The Kier molecular flexibility index (Phi) is 1.76. The van der Waals surface area contributed by atoms with Crippen LogP contribution in [-0.4, -0.2) is 0 Å². The Bertz CT molecular complexity index is 254. The molecule has 0 heterocycles. The summed E-state index contributed by atoms with van der Waals surface area (Å²) >= 11 is 3.55. The van der Waals surface area contributed by atoms with E-state index in [1.54, 1.807) is 0 Å². The molecule has 57 valence electrons. The fourth-order valence-electron chi connectivity index (χ4n) is 1.41. The molecule has 0 aromatic heterocycles. The van der Waals surface area contributed by atoms with Crippen LogP contribution in [0.1, 0.15) is 29.9 Å². The number of rotatable bonds is 1. The zero-order valence-electron chi connectivity index (χ0n) is 6.31. The smallest absolute Gasteiger partial charge is 0.0212 e. The minimum absolute atomic E-state index is 0.790. The van der Waals surface area contributed by atoms with E-state index in [0.717, 1.165) is 5.92 Å². The highest BCUT2D eigenvalue weighted by Crippen LogP contribution is 2.44. The highest BCUT2D eigenvalue weighted by atomic mass is 79.9. The molecular weight excluding hydrogens is 200 g/mol. The second kappa shape index (κ2) is 2.63. The minimum Gasteiger partial charge on any atom is -0.0609 e. The van der Waals surface area contributed by atoms with Crippen molar-refractivity contribution in [3.05, 3.63) is 40.7 Å². The van der Waals surface area contributed by atoms with Crippen molar-refractivity contribution < 1.29 is 0 Å². The van der Waals surface area contributed by atoms with Crippen molar-refractivity contribution in [2.45, 2.75) is 18.8 Å². The fourth-order valence-corrected chi connectivity index (χ4v) is 2.14. The standard InChI is InChI=1S/C10H10Br/c1-7-3-2-4-9(11)10(7)8-5-6-8/h2-4,8H,1,5-6H2. The second-order valence-electron chi connectivity index (χ2n) is 3.09. The molecule has 0 unspecified atom stereocenters. The van der Waals surface area contributed by atoms with Crippen LogP contribution in [0.25, 0.3) is 0 Å². The van der Waals surface area contributed by atoms with Crippen molar-refractivity contribution in [3.8, 4) is 0 Å². The largest absolute Gasteiger partial charge is 0.0609 e. The molecule has 0 saturated heterocycles. The van der Waals surface area contributed by atoms with Gasteiger partial charge in [0, 0.05) is 4.47 Å². The van der Waals surface area contributed by atoms with E-state index in [9.17, 15) is 0 Å². The first kappa shape index (κ1) is 7.35. The van der Waals surface area contributed by atoms with Crippen LogP contribution in [0, 0.1) is 6.92 Å². The molecule has 0 atom stereocenters. The van der Waals surface area contributed by atoms with Crippen LogP contribution in [0.3, 0.4) is 0 Å². The molecule has 1 aromatic rings. The van der Waals surface area contributed by atoms with E-state index in [2.05, 4.69) is 35.0 Å². The van der Waals surface area contributed by atoms with E-state index in [0.29, 0.717) is 0 Å². The van der Waals surface area contributed by atoms with Crippen molar-refractivity contribution >= 4 is 15.9 Å². The van der Waals surface area contributed by atoms with Crippen LogP contribution in [0.5, 0.6) is 0 Å². The van der Waals surface area contributed by atoms with E-state index in [1.807, 2.05) is 6.07 Å². The van der Waals surface area contributed by atoms with Gasteiger partial charge in [-0.25, -0.2) is 0 Å². The van der Waals surface area contributed by atoms with Gasteiger partial charge in [-0.15, -0.1) is 0 Å². The Morgan fingerprint density at radius 1 is 1.36 bits per heavy atom. The van der Waals surface area contributed by atoms with Gasteiger partial charge in [-0.1, -0.05) is 28.1 Å². The van der Waals surface area contributed by atoms with Gasteiger partial charge < -0.3 is 0 Å². The molecule has 1 fully saturated rings. The van der Waals surface area contributed by atoms with Crippen LogP contribution in [0.2, 0.25) is 0 Å². The zero-order valence-corrected chi connectivity index (χ0v) is 7.89. The summed E-state index contributed by atoms with van der Waals surface area (Å²) in [5, 5.41) is 0. The molecular formula is C10H10Br. The van der Waals surface area contributed by atoms with Crippen molar-refractivity contribution in [2.24, 2.45) is 0 Å². The van der Waals surface area contributed by atoms with Crippen LogP contribution in [0.15, 0.2) is 22.7 Å². The lowest BCUT2D eigenvalue weighted by Gasteiger charge is -2.05. The van der Waals surface area contributed by atoms with Gasteiger partial charge in [-0.2, -0.15) is 0 Å². The molecule has 2 rings (SSSR count). The molecule has 0 nitrogen and oxygen atoms in total. The molecule has 11 heavy (non-hydrogen) atoms. The number of halogens is 1.